The van der Waals surface area contributed by atoms with Gasteiger partial charge < -0.3 is 4.42 Å². The molecule has 182 valence electrons. The van der Waals surface area contributed by atoms with E-state index in [0.717, 1.165) is 38.9 Å². The van der Waals surface area contributed by atoms with E-state index in [1.165, 1.54) is 16.7 Å². The van der Waals surface area contributed by atoms with Crippen molar-refractivity contribution < 1.29 is 4.42 Å². The van der Waals surface area contributed by atoms with Crippen LogP contribution in [0.3, 0.4) is 0 Å². The van der Waals surface area contributed by atoms with E-state index in [1.807, 2.05) is 22.9 Å². The average Bonchev–Trinajstić information content (AvgIpc) is 3.66. The van der Waals surface area contributed by atoms with Gasteiger partial charge in [-0.1, -0.05) is 89.5 Å². The Morgan fingerprint density at radius 1 is 0.703 bits per heavy atom. The summed E-state index contributed by atoms with van der Waals surface area (Å²) < 4.78 is 7.59. The minimum atomic E-state index is 0.384. The molecule has 0 unspecified atom stereocenters. The van der Waals surface area contributed by atoms with Crippen molar-refractivity contribution in [1.29, 1.82) is 0 Å². The molecule has 6 rings (SSSR count). The summed E-state index contributed by atoms with van der Waals surface area (Å²) in [5, 5.41) is 10.9. The van der Waals surface area contributed by atoms with Crippen molar-refractivity contribution >= 4 is 23.2 Å². The van der Waals surface area contributed by atoms with Crippen LogP contribution in [-0.4, -0.2) is 19.7 Å². The number of nitrogens with zero attached hydrogens (tertiary/aromatic N) is 4. The first kappa shape index (κ1) is 22.9. The van der Waals surface area contributed by atoms with Crippen LogP contribution in [0, 0.1) is 20.8 Å². The normalized spacial score (nSPS) is 11.1. The van der Waals surface area contributed by atoms with Crippen LogP contribution in [0.2, 0.25) is 0 Å². The molecule has 0 spiro atoms. The fourth-order valence-electron chi connectivity index (χ4n) is 4.03. The van der Waals surface area contributed by atoms with Crippen molar-refractivity contribution in [3.8, 4) is 38.9 Å². The third kappa shape index (κ3) is 4.81. The molecule has 0 aliphatic carbocycles. The Morgan fingerprint density at radius 2 is 1.27 bits per heavy atom. The van der Waals surface area contributed by atoms with E-state index in [0.29, 0.717) is 11.8 Å². The van der Waals surface area contributed by atoms with Crippen LogP contribution < -0.4 is 5.32 Å². The maximum Gasteiger partial charge on any atom is 0.300 e. The number of anilines is 2. The molecule has 0 fully saturated rings. The second-order valence-electron chi connectivity index (χ2n) is 9.10. The summed E-state index contributed by atoms with van der Waals surface area (Å²) in [5.74, 6) is 0.625. The summed E-state index contributed by atoms with van der Waals surface area (Å²) in [6.45, 7) is 6.23. The van der Waals surface area contributed by atoms with Gasteiger partial charge in [-0.2, -0.15) is 4.98 Å². The first-order chi connectivity index (χ1) is 18.0. The van der Waals surface area contributed by atoms with Gasteiger partial charge in [0.25, 0.3) is 0 Å². The van der Waals surface area contributed by atoms with Crippen LogP contribution in [0.25, 0.3) is 38.9 Å². The van der Waals surface area contributed by atoms with Crippen molar-refractivity contribution in [3.63, 3.8) is 0 Å². The average molecular weight is 504 g/mol. The van der Waals surface area contributed by atoms with E-state index < -0.39 is 0 Å². The van der Waals surface area contributed by atoms with Crippen LogP contribution in [0.15, 0.2) is 94.9 Å². The number of hydrogen-bond acceptors (Lipinski definition) is 6. The highest BCUT2D eigenvalue weighted by atomic mass is 32.1. The topological polar surface area (TPSA) is 68.8 Å². The monoisotopic (exact) mass is 503 g/mol. The number of benzene rings is 3. The standard InChI is InChI=1S/C30H25N5OS/c1-19-4-10-22(11-5-19)25-17-36-29(31-25)33-28-16-27(24-14-8-21(3)9-15-24)35(34-28)30-32-26(18-37-30)23-12-6-20(2)7-13-23/h4-18H,1-3H3,(H,31,33,34). The number of rotatable bonds is 6. The zero-order valence-corrected chi connectivity index (χ0v) is 21.6. The molecule has 6 aromatic rings. The van der Waals surface area contributed by atoms with Gasteiger partial charge in [-0.15, -0.1) is 16.4 Å². The number of aryl methyl sites for hydroxylation is 3. The van der Waals surface area contributed by atoms with Crippen LogP contribution in [0.5, 0.6) is 0 Å². The van der Waals surface area contributed by atoms with E-state index in [2.05, 4.69) is 97.1 Å². The molecule has 0 atom stereocenters. The number of nitrogens with one attached hydrogen (secondary N) is 1. The lowest BCUT2D eigenvalue weighted by molar-refractivity contribution is 0.577. The van der Waals surface area contributed by atoms with Gasteiger partial charge >= 0.3 is 6.01 Å². The van der Waals surface area contributed by atoms with Crippen LogP contribution >= 0.6 is 11.3 Å². The maximum atomic E-state index is 5.72. The Morgan fingerprint density at radius 3 is 1.89 bits per heavy atom. The van der Waals surface area contributed by atoms with Crippen LogP contribution in [0.1, 0.15) is 16.7 Å². The maximum absolute atomic E-state index is 5.72. The van der Waals surface area contributed by atoms with Gasteiger partial charge in [-0.05, 0) is 20.8 Å². The third-order valence-corrected chi connectivity index (χ3v) is 6.98. The van der Waals surface area contributed by atoms with Gasteiger partial charge in [0, 0.05) is 28.1 Å². The molecule has 37 heavy (non-hydrogen) atoms. The zero-order chi connectivity index (χ0) is 25.4. The molecule has 0 aliphatic heterocycles. The van der Waals surface area contributed by atoms with Crippen molar-refractivity contribution in [1.82, 2.24) is 19.7 Å². The lowest BCUT2D eigenvalue weighted by Crippen LogP contribution is -2.00. The Balaban J connectivity index is 1.35. The molecule has 6 nitrogen and oxygen atoms in total. The van der Waals surface area contributed by atoms with Gasteiger partial charge in [-0.3, -0.25) is 5.32 Å². The first-order valence-electron chi connectivity index (χ1n) is 12.0. The van der Waals surface area contributed by atoms with Gasteiger partial charge in [0.2, 0.25) is 5.13 Å². The summed E-state index contributed by atoms with van der Waals surface area (Å²) in [4.78, 5) is 9.52. The molecule has 3 aromatic carbocycles. The Labute approximate surface area is 219 Å². The lowest BCUT2D eigenvalue weighted by Gasteiger charge is -2.04. The van der Waals surface area contributed by atoms with Crippen molar-refractivity contribution in [2.45, 2.75) is 20.8 Å². The highest BCUT2D eigenvalue weighted by molar-refractivity contribution is 7.12. The molecular weight excluding hydrogens is 478 g/mol. The van der Waals surface area contributed by atoms with E-state index in [-0.39, 0.29) is 0 Å². The van der Waals surface area contributed by atoms with E-state index >= 15 is 0 Å². The quantitative estimate of drug-likeness (QED) is 0.249. The second kappa shape index (κ2) is 9.52. The molecular formula is C30H25N5OS. The molecule has 0 saturated carbocycles. The van der Waals surface area contributed by atoms with Crippen molar-refractivity contribution in [2.75, 3.05) is 5.32 Å². The Kier molecular flexibility index (Phi) is 5.90. The number of aromatic nitrogens is 4. The van der Waals surface area contributed by atoms with Gasteiger partial charge in [0.15, 0.2) is 5.82 Å². The SMILES string of the molecule is Cc1ccc(-c2coc(Nc3cc(-c4ccc(C)cc4)n(-c4nc(-c5ccc(C)cc5)cs4)n3)n2)cc1. The highest BCUT2D eigenvalue weighted by Gasteiger charge is 2.17. The number of thiazole rings is 1. The number of hydrogen-bond donors (Lipinski definition) is 1. The minimum absolute atomic E-state index is 0.384. The number of oxazole rings is 1. The van der Waals surface area contributed by atoms with E-state index in [9.17, 15) is 0 Å². The molecule has 7 heteroatoms. The van der Waals surface area contributed by atoms with E-state index in [1.54, 1.807) is 17.6 Å². The fraction of sp³-hybridized carbons (Fsp3) is 0.100. The smallest absolute Gasteiger partial charge is 0.300 e. The summed E-state index contributed by atoms with van der Waals surface area (Å²) in [7, 11) is 0. The lowest BCUT2D eigenvalue weighted by atomic mass is 10.1. The zero-order valence-electron chi connectivity index (χ0n) is 20.8. The second-order valence-corrected chi connectivity index (χ2v) is 9.94. The van der Waals surface area contributed by atoms with Crippen molar-refractivity contribution in [3.05, 3.63) is 107 Å². The van der Waals surface area contributed by atoms with Crippen molar-refractivity contribution in [2.24, 2.45) is 0 Å². The molecule has 0 radical (unpaired) electrons. The molecule has 0 amide bonds. The Bertz CT molecular complexity index is 1660. The highest BCUT2D eigenvalue weighted by Crippen LogP contribution is 2.31. The molecule has 3 aromatic heterocycles. The summed E-state index contributed by atoms with van der Waals surface area (Å²) in [6.07, 6.45) is 1.65. The molecule has 1 N–H and O–H groups in total. The first-order valence-corrected chi connectivity index (χ1v) is 12.9. The molecule has 3 heterocycles. The van der Waals surface area contributed by atoms with Gasteiger partial charge in [0.05, 0.1) is 11.4 Å². The summed E-state index contributed by atoms with van der Waals surface area (Å²) >= 11 is 1.56. The fourth-order valence-corrected chi connectivity index (χ4v) is 4.83. The van der Waals surface area contributed by atoms with Crippen LogP contribution in [0.4, 0.5) is 11.8 Å². The summed E-state index contributed by atoms with van der Waals surface area (Å²) in [6, 6.07) is 27.4. The minimum Gasteiger partial charge on any atom is -0.431 e. The van der Waals surface area contributed by atoms with Gasteiger partial charge in [-0.25, -0.2) is 9.67 Å². The van der Waals surface area contributed by atoms with E-state index in [4.69, 9.17) is 14.5 Å². The predicted molar refractivity (Wildman–Crippen MR) is 150 cm³/mol. The van der Waals surface area contributed by atoms with Gasteiger partial charge in [0.1, 0.15) is 12.0 Å². The summed E-state index contributed by atoms with van der Waals surface area (Å²) in [5.41, 5.74) is 9.38. The molecule has 0 aliphatic rings. The van der Waals surface area contributed by atoms with Crippen LogP contribution in [-0.2, 0) is 0 Å². The Hall–Kier alpha value is -4.49. The third-order valence-electron chi connectivity index (χ3n) is 6.16. The predicted octanol–water partition coefficient (Wildman–Crippen LogP) is 7.99. The largest absolute Gasteiger partial charge is 0.431 e. The molecule has 0 saturated heterocycles. The molecule has 0 bridgehead atoms.